The van der Waals surface area contributed by atoms with Crippen LogP contribution >= 0.6 is 11.6 Å². The van der Waals surface area contributed by atoms with E-state index >= 15 is 0 Å². The third-order valence-corrected chi connectivity index (χ3v) is 7.37. The molecule has 0 amide bonds. The van der Waals surface area contributed by atoms with Crippen molar-refractivity contribution in [3.05, 3.63) is 9.94 Å². The average Bonchev–Trinajstić information content (AvgIpc) is 2.50. The van der Waals surface area contributed by atoms with Gasteiger partial charge in [0.15, 0.2) is 0 Å². The third kappa shape index (κ3) is 1.49. The van der Waals surface area contributed by atoms with Crippen LogP contribution in [0.1, 0.15) is 38.5 Å². The SMILES string of the molecule is O=S1(=O)OCC(Cl)=C1C12CC3CC(CC(C3)C1)C2. The van der Waals surface area contributed by atoms with Crippen LogP contribution in [0, 0.1) is 23.2 Å². The summed E-state index contributed by atoms with van der Waals surface area (Å²) >= 11 is 6.17. The molecule has 100 valence electrons. The van der Waals surface area contributed by atoms with Crippen molar-refractivity contribution >= 4 is 21.7 Å². The highest BCUT2D eigenvalue weighted by Gasteiger charge is 2.57. The minimum Gasteiger partial charge on any atom is -0.261 e. The molecule has 5 heteroatoms. The monoisotopic (exact) mass is 288 g/mol. The van der Waals surface area contributed by atoms with E-state index in [-0.39, 0.29) is 12.0 Å². The summed E-state index contributed by atoms with van der Waals surface area (Å²) in [5.41, 5.74) is -0.179. The number of hydrogen-bond acceptors (Lipinski definition) is 3. The molecule has 0 spiro atoms. The lowest BCUT2D eigenvalue weighted by Gasteiger charge is -2.56. The van der Waals surface area contributed by atoms with Crippen molar-refractivity contribution in [2.75, 3.05) is 6.61 Å². The van der Waals surface area contributed by atoms with Gasteiger partial charge in [0.1, 0.15) is 6.61 Å². The van der Waals surface area contributed by atoms with Gasteiger partial charge in [0.05, 0.1) is 9.94 Å². The van der Waals surface area contributed by atoms with Crippen molar-refractivity contribution in [3.8, 4) is 0 Å². The molecule has 0 radical (unpaired) electrons. The Bertz CT molecular complexity index is 499. The van der Waals surface area contributed by atoms with E-state index in [4.69, 9.17) is 15.8 Å². The van der Waals surface area contributed by atoms with Gasteiger partial charge in [0, 0.05) is 5.41 Å². The summed E-state index contributed by atoms with van der Waals surface area (Å²) < 4.78 is 29.2. The molecule has 0 unspecified atom stereocenters. The van der Waals surface area contributed by atoms with Crippen LogP contribution in [-0.4, -0.2) is 15.0 Å². The van der Waals surface area contributed by atoms with Gasteiger partial charge >= 0.3 is 0 Å². The molecule has 5 aliphatic rings. The van der Waals surface area contributed by atoms with Crippen molar-refractivity contribution in [2.24, 2.45) is 23.2 Å². The molecule has 1 aliphatic heterocycles. The summed E-state index contributed by atoms with van der Waals surface area (Å²) in [6.07, 6.45) is 6.91. The van der Waals surface area contributed by atoms with Gasteiger partial charge in [-0.25, -0.2) is 0 Å². The smallest absolute Gasteiger partial charge is 0.261 e. The van der Waals surface area contributed by atoms with Gasteiger partial charge in [-0.2, -0.15) is 8.42 Å². The van der Waals surface area contributed by atoms with Gasteiger partial charge in [-0.15, -0.1) is 0 Å². The summed E-state index contributed by atoms with van der Waals surface area (Å²) in [6.45, 7) is 0.0565. The zero-order valence-electron chi connectivity index (χ0n) is 10.2. The summed E-state index contributed by atoms with van der Waals surface area (Å²) in [6, 6.07) is 0. The highest BCUT2D eigenvalue weighted by molar-refractivity contribution is 7.91. The molecule has 5 rings (SSSR count). The number of allylic oxidation sites excluding steroid dienone is 1. The minimum absolute atomic E-state index is 0.0565. The van der Waals surface area contributed by atoms with Crippen LogP contribution in [-0.2, 0) is 14.3 Å². The molecule has 4 saturated carbocycles. The van der Waals surface area contributed by atoms with E-state index in [2.05, 4.69) is 0 Å². The Hall–Kier alpha value is -0.0600. The van der Waals surface area contributed by atoms with Gasteiger partial charge in [0.25, 0.3) is 10.1 Å². The Labute approximate surface area is 113 Å². The fourth-order valence-corrected chi connectivity index (χ4v) is 7.44. The van der Waals surface area contributed by atoms with E-state index < -0.39 is 10.1 Å². The summed E-state index contributed by atoms with van der Waals surface area (Å²) in [5, 5.41) is 0.442. The maximum atomic E-state index is 12.1. The van der Waals surface area contributed by atoms with Gasteiger partial charge in [-0.1, -0.05) is 11.6 Å². The lowest BCUT2D eigenvalue weighted by molar-refractivity contribution is -0.0265. The van der Waals surface area contributed by atoms with E-state index in [0.29, 0.717) is 27.7 Å². The lowest BCUT2D eigenvalue weighted by Crippen LogP contribution is -2.47. The molecule has 4 aliphatic carbocycles. The topological polar surface area (TPSA) is 43.4 Å². The standard InChI is InChI=1S/C13H17ClO3S/c14-11-7-17-18(15,16)12(11)13-4-8-1-9(5-13)3-10(2-8)6-13/h8-10H,1-7H2. The lowest BCUT2D eigenvalue weighted by atomic mass is 9.49. The predicted octanol–water partition coefficient (Wildman–Crippen LogP) is 3.01. The van der Waals surface area contributed by atoms with Crippen LogP contribution < -0.4 is 0 Å². The maximum absolute atomic E-state index is 12.1. The third-order valence-electron chi connectivity index (χ3n) is 5.36. The first-order valence-electron chi connectivity index (χ1n) is 6.77. The van der Waals surface area contributed by atoms with Gasteiger partial charge < -0.3 is 0 Å². The Morgan fingerprint density at radius 1 is 1.06 bits per heavy atom. The summed E-state index contributed by atoms with van der Waals surface area (Å²) in [7, 11) is -3.55. The second kappa shape index (κ2) is 3.53. The Kier molecular flexibility index (Phi) is 2.30. The fraction of sp³-hybridized carbons (Fsp3) is 0.846. The van der Waals surface area contributed by atoms with E-state index in [1.165, 1.54) is 19.3 Å². The molecular formula is C13H17ClO3S. The Balaban J connectivity index is 1.83. The highest BCUT2D eigenvalue weighted by Crippen LogP contribution is 2.64. The fourth-order valence-electron chi connectivity index (χ4n) is 5.33. The zero-order valence-corrected chi connectivity index (χ0v) is 11.8. The van der Waals surface area contributed by atoms with Crippen LogP contribution in [0.5, 0.6) is 0 Å². The molecule has 0 aromatic carbocycles. The molecule has 1 heterocycles. The van der Waals surface area contributed by atoms with Gasteiger partial charge in [-0.05, 0) is 56.3 Å². The molecule has 0 aromatic heterocycles. The largest absolute Gasteiger partial charge is 0.295 e. The maximum Gasteiger partial charge on any atom is 0.295 e. The highest BCUT2D eigenvalue weighted by atomic mass is 35.5. The first-order valence-corrected chi connectivity index (χ1v) is 8.56. The van der Waals surface area contributed by atoms with Crippen LogP contribution in [0.4, 0.5) is 0 Å². The van der Waals surface area contributed by atoms with Crippen LogP contribution in [0.25, 0.3) is 0 Å². The number of rotatable bonds is 1. The van der Waals surface area contributed by atoms with Crippen molar-refractivity contribution in [2.45, 2.75) is 38.5 Å². The summed E-state index contributed by atoms with van der Waals surface area (Å²) in [5.74, 6) is 2.14. The van der Waals surface area contributed by atoms with Crippen molar-refractivity contribution in [1.29, 1.82) is 0 Å². The van der Waals surface area contributed by atoms with Crippen molar-refractivity contribution < 1.29 is 12.6 Å². The second-order valence-electron chi connectivity index (χ2n) is 6.65. The van der Waals surface area contributed by atoms with Crippen LogP contribution in [0.15, 0.2) is 9.94 Å². The van der Waals surface area contributed by atoms with Gasteiger partial charge in [0.2, 0.25) is 0 Å². The first kappa shape index (κ1) is 11.7. The van der Waals surface area contributed by atoms with E-state index in [9.17, 15) is 8.42 Å². The molecule has 4 bridgehead atoms. The second-order valence-corrected chi connectivity index (χ2v) is 8.66. The van der Waals surface area contributed by atoms with Crippen LogP contribution in [0.2, 0.25) is 0 Å². The minimum atomic E-state index is -3.55. The van der Waals surface area contributed by atoms with E-state index in [1.54, 1.807) is 0 Å². The number of hydrogen-bond donors (Lipinski definition) is 0. The molecule has 0 saturated heterocycles. The molecule has 3 nitrogen and oxygen atoms in total. The van der Waals surface area contributed by atoms with Crippen molar-refractivity contribution in [3.63, 3.8) is 0 Å². The quantitative estimate of drug-likeness (QED) is 0.697. The average molecular weight is 289 g/mol. The first-order chi connectivity index (χ1) is 8.48. The predicted molar refractivity (Wildman–Crippen MR) is 68.4 cm³/mol. The van der Waals surface area contributed by atoms with Gasteiger partial charge in [-0.3, -0.25) is 4.18 Å². The van der Waals surface area contributed by atoms with Crippen LogP contribution in [0.3, 0.4) is 0 Å². The molecular weight excluding hydrogens is 272 g/mol. The molecule has 4 fully saturated rings. The normalized spacial score (nSPS) is 49.1. The Morgan fingerprint density at radius 2 is 1.56 bits per heavy atom. The molecule has 0 aromatic rings. The van der Waals surface area contributed by atoms with Crippen molar-refractivity contribution in [1.82, 2.24) is 0 Å². The van der Waals surface area contributed by atoms with E-state index in [1.807, 2.05) is 0 Å². The number of halogens is 1. The molecule has 0 N–H and O–H groups in total. The van der Waals surface area contributed by atoms with E-state index in [0.717, 1.165) is 19.3 Å². The molecule has 18 heavy (non-hydrogen) atoms. The summed E-state index contributed by atoms with van der Waals surface area (Å²) in [4.78, 5) is 0.454. The zero-order chi connectivity index (χ0) is 12.5. The molecule has 0 atom stereocenters. The Morgan fingerprint density at radius 3 is 1.94 bits per heavy atom.